The second-order valence-corrected chi connectivity index (χ2v) is 4.32. The third kappa shape index (κ3) is 4.31. The quantitative estimate of drug-likeness (QED) is 0.499. The molecule has 0 unspecified atom stereocenters. The van der Waals surface area contributed by atoms with Crippen LogP contribution >= 0.6 is 28.1 Å². The van der Waals surface area contributed by atoms with Crippen molar-refractivity contribution in [3.63, 3.8) is 0 Å². The van der Waals surface area contributed by atoms with Crippen molar-refractivity contribution in [2.45, 2.75) is 6.18 Å². The van der Waals surface area contributed by atoms with Crippen molar-refractivity contribution < 1.29 is 13.2 Å². The van der Waals surface area contributed by atoms with E-state index in [0.717, 1.165) is 12.3 Å². The van der Waals surface area contributed by atoms with Gasteiger partial charge >= 0.3 is 6.18 Å². The maximum atomic E-state index is 12.6. The van der Waals surface area contributed by atoms with Crippen molar-refractivity contribution >= 4 is 39.5 Å². The minimum absolute atomic E-state index is 0.0874. The van der Waals surface area contributed by atoms with Crippen molar-refractivity contribution in [3.8, 4) is 0 Å². The molecular weight excluding hydrogens is 319 g/mol. The van der Waals surface area contributed by atoms with Crippen LogP contribution in [0.4, 0.5) is 13.2 Å². The molecule has 8 heteroatoms. The third-order valence-corrected chi connectivity index (χ3v) is 2.28. The van der Waals surface area contributed by atoms with Crippen LogP contribution in [0.15, 0.2) is 27.8 Å². The van der Waals surface area contributed by atoms with Crippen molar-refractivity contribution in [3.05, 3.63) is 33.8 Å². The van der Waals surface area contributed by atoms with Crippen molar-refractivity contribution in [1.29, 1.82) is 0 Å². The Morgan fingerprint density at radius 1 is 1.47 bits per heavy atom. The number of hydrogen-bond donors (Lipinski definition) is 2. The fraction of sp³-hybridized carbons (Fsp3) is 0.111. The molecule has 0 aliphatic heterocycles. The second-order valence-electron chi connectivity index (χ2n) is 2.96. The molecule has 92 valence electrons. The summed E-state index contributed by atoms with van der Waals surface area (Å²) in [6.07, 6.45) is -3.43. The minimum atomic E-state index is -4.44. The van der Waals surface area contributed by atoms with Gasteiger partial charge in [0.05, 0.1) is 11.8 Å². The zero-order valence-corrected chi connectivity index (χ0v) is 10.7. The molecule has 0 saturated carbocycles. The predicted molar refractivity (Wildman–Crippen MR) is 66.7 cm³/mol. The van der Waals surface area contributed by atoms with Gasteiger partial charge < -0.3 is 5.73 Å². The Hall–Kier alpha value is -1.15. The van der Waals surface area contributed by atoms with E-state index in [9.17, 15) is 13.2 Å². The highest BCUT2D eigenvalue weighted by atomic mass is 79.9. The van der Waals surface area contributed by atoms with E-state index in [2.05, 4.69) is 38.7 Å². The Labute approximate surface area is 109 Å². The van der Waals surface area contributed by atoms with E-state index in [-0.39, 0.29) is 10.7 Å². The molecular formula is C9H7BrF3N3S. The largest absolute Gasteiger partial charge is 0.417 e. The van der Waals surface area contributed by atoms with Crippen LogP contribution in [-0.4, -0.2) is 11.3 Å². The lowest BCUT2D eigenvalue weighted by atomic mass is 10.1. The summed E-state index contributed by atoms with van der Waals surface area (Å²) in [7, 11) is 0. The van der Waals surface area contributed by atoms with Crippen LogP contribution in [0, 0.1) is 0 Å². The van der Waals surface area contributed by atoms with Gasteiger partial charge in [-0.05, 0) is 30.4 Å². The van der Waals surface area contributed by atoms with Crippen LogP contribution in [-0.2, 0) is 6.18 Å². The lowest BCUT2D eigenvalue weighted by molar-refractivity contribution is -0.137. The third-order valence-electron chi connectivity index (χ3n) is 1.70. The Bertz CT molecular complexity index is 459. The van der Waals surface area contributed by atoms with Crippen LogP contribution in [0.25, 0.3) is 0 Å². The first-order valence-electron chi connectivity index (χ1n) is 4.26. The second kappa shape index (κ2) is 5.46. The molecule has 0 radical (unpaired) electrons. The number of benzene rings is 1. The Morgan fingerprint density at radius 2 is 2.12 bits per heavy atom. The average molecular weight is 326 g/mol. The molecule has 3 N–H and O–H groups in total. The number of halogens is 4. The normalized spacial score (nSPS) is 11.8. The maximum absolute atomic E-state index is 12.6. The summed E-state index contributed by atoms with van der Waals surface area (Å²) in [5, 5.41) is 3.37. The summed E-state index contributed by atoms with van der Waals surface area (Å²) < 4.78 is 38.4. The highest BCUT2D eigenvalue weighted by molar-refractivity contribution is 9.10. The lowest BCUT2D eigenvalue weighted by Crippen LogP contribution is -2.24. The fourth-order valence-electron chi connectivity index (χ4n) is 1.06. The van der Waals surface area contributed by atoms with E-state index in [0.29, 0.717) is 4.47 Å². The smallest absolute Gasteiger partial charge is 0.375 e. The molecule has 1 aromatic rings. The van der Waals surface area contributed by atoms with E-state index < -0.39 is 11.7 Å². The summed E-state index contributed by atoms with van der Waals surface area (Å²) in [5.74, 6) is 0. The molecule has 0 aliphatic rings. The van der Waals surface area contributed by atoms with Gasteiger partial charge in [-0.25, -0.2) is 0 Å². The summed E-state index contributed by atoms with van der Waals surface area (Å²) in [6, 6.07) is 3.57. The molecule has 0 saturated heterocycles. The summed E-state index contributed by atoms with van der Waals surface area (Å²) >= 11 is 7.55. The number of nitrogens with two attached hydrogens (primary N) is 1. The van der Waals surface area contributed by atoms with Gasteiger partial charge in [-0.3, -0.25) is 5.43 Å². The summed E-state index contributed by atoms with van der Waals surface area (Å²) in [6.45, 7) is 0. The highest BCUT2D eigenvalue weighted by Gasteiger charge is 2.32. The molecule has 0 heterocycles. The number of hydrazone groups is 1. The van der Waals surface area contributed by atoms with E-state index >= 15 is 0 Å². The molecule has 0 spiro atoms. The van der Waals surface area contributed by atoms with Crippen LogP contribution < -0.4 is 11.2 Å². The zero-order valence-electron chi connectivity index (χ0n) is 8.25. The van der Waals surface area contributed by atoms with Gasteiger partial charge in [0.25, 0.3) is 0 Å². The highest BCUT2D eigenvalue weighted by Crippen LogP contribution is 2.32. The molecule has 1 aromatic carbocycles. The van der Waals surface area contributed by atoms with Gasteiger partial charge in [0.2, 0.25) is 0 Å². The van der Waals surface area contributed by atoms with Crippen molar-refractivity contribution in [2.24, 2.45) is 10.8 Å². The van der Waals surface area contributed by atoms with Crippen LogP contribution in [0.2, 0.25) is 0 Å². The number of alkyl halides is 3. The molecule has 0 bridgehead atoms. The Kier molecular flexibility index (Phi) is 4.47. The number of nitrogens with one attached hydrogen (secondary N) is 1. The number of hydrogen-bond acceptors (Lipinski definition) is 2. The summed E-state index contributed by atoms with van der Waals surface area (Å²) in [5.41, 5.74) is 6.40. The van der Waals surface area contributed by atoms with Gasteiger partial charge in [0.15, 0.2) is 5.11 Å². The topological polar surface area (TPSA) is 50.4 Å². The first kappa shape index (κ1) is 13.9. The van der Waals surface area contributed by atoms with Gasteiger partial charge in [-0.2, -0.15) is 18.3 Å². The summed E-state index contributed by atoms with van der Waals surface area (Å²) in [4.78, 5) is 0. The first-order valence-corrected chi connectivity index (χ1v) is 5.46. The maximum Gasteiger partial charge on any atom is 0.417 e. The first-order chi connectivity index (χ1) is 7.80. The van der Waals surface area contributed by atoms with E-state index in [1.807, 2.05) is 0 Å². The molecule has 1 rings (SSSR count). The minimum Gasteiger partial charge on any atom is -0.375 e. The standard InChI is InChI=1S/C9H7BrF3N3S/c10-6-1-2-7(9(11,12)13)5(3-6)4-15-16-8(14)17/h1-4H,(H3,14,16,17). The van der Waals surface area contributed by atoms with E-state index in [1.54, 1.807) is 0 Å². The molecule has 0 aromatic heterocycles. The monoisotopic (exact) mass is 325 g/mol. The Morgan fingerprint density at radius 3 is 2.65 bits per heavy atom. The van der Waals surface area contributed by atoms with Crippen molar-refractivity contribution in [1.82, 2.24) is 5.43 Å². The van der Waals surface area contributed by atoms with E-state index in [4.69, 9.17) is 5.73 Å². The van der Waals surface area contributed by atoms with Gasteiger partial charge in [0, 0.05) is 10.0 Å². The number of nitrogens with zero attached hydrogens (tertiary/aromatic N) is 1. The number of rotatable bonds is 2. The van der Waals surface area contributed by atoms with Gasteiger partial charge in [-0.15, -0.1) is 0 Å². The van der Waals surface area contributed by atoms with Gasteiger partial charge in [-0.1, -0.05) is 15.9 Å². The SMILES string of the molecule is NC(=S)NN=Cc1cc(Br)ccc1C(F)(F)F. The van der Waals surface area contributed by atoms with Crippen molar-refractivity contribution in [2.75, 3.05) is 0 Å². The molecule has 3 nitrogen and oxygen atoms in total. The van der Waals surface area contributed by atoms with Crippen LogP contribution in [0.3, 0.4) is 0 Å². The fourth-order valence-corrected chi connectivity index (χ4v) is 1.50. The number of thiocarbonyl (C=S) groups is 1. The molecule has 0 fully saturated rings. The lowest BCUT2D eigenvalue weighted by Gasteiger charge is -2.10. The average Bonchev–Trinajstić information content (AvgIpc) is 2.15. The van der Waals surface area contributed by atoms with Crippen LogP contribution in [0.5, 0.6) is 0 Å². The molecule has 0 amide bonds. The molecule has 0 aliphatic carbocycles. The predicted octanol–water partition coefficient (Wildman–Crippen LogP) is 2.64. The van der Waals surface area contributed by atoms with Gasteiger partial charge in [0.1, 0.15) is 0 Å². The zero-order chi connectivity index (χ0) is 13.1. The Balaban J connectivity index is 3.08. The van der Waals surface area contributed by atoms with Crippen LogP contribution in [0.1, 0.15) is 11.1 Å². The van der Waals surface area contributed by atoms with E-state index in [1.165, 1.54) is 12.1 Å². The molecule has 0 atom stereocenters. The molecule has 17 heavy (non-hydrogen) atoms.